The van der Waals surface area contributed by atoms with Gasteiger partial charge in [-0.2, -0.15) is 5.10 Å². The van der Waals surface area contributed by atoms with E-state index in [1.807, 2.05) is 72.8 Å². The molecule has 0 bridgehead atoms. The van der Waals surface area contributed by atoms with E-state index in [9.17, 15) is 4.79 Å². The van der Waals surface area contributed by atoms with Crippen molar-refractivity contribution in [3.05, 3.63) is 90.6 Å². The topological polar surface area (TPSA) is 97.1 Å². The first-order valence-electron chi connectivity index (χ1n) is 10.8. The molecule has 3 aromatic carbocycles. The number of nitrogens with two attached hydrogens (primary N) is 1. The van der Waals surface area contributed by atoms with Crippen molar-refractivity contribution in [3.8, 4) is 33.9 Å². The third-order valence-corrected chi connectivity index (χ3v) is 5.59. The molecule has 7 heteroatoms. The summed E-state index contributed by atoms with van der Waals surface area (Å²) in [6.07, 6.45) is 1.77. The molecule has 5 rings (SSSR count). The molecule has 1 amide bonds. The summed E-state index contributed by atoms with van der Waals surface area (Å²) < 4.78 is 5.90. The number of hydrogen-bond donors (Lipinski definition) is 2. The number of carbonyl (C=O) groups excluding carboxylic acids is 1. The van der Waals surface area contributed by atoms with Crippen LogP contribution in [0.15, 0.2) is 85.1 Å². The predicted molar refractivity (Wildman–Crippen MR) is 134 cm³/mol. The number of hydrogen-bond acceptors (Lipinski definition) is 5. The molecule has 0 aliphatic heterocycles. The van der Waals surface area contributed by atoms with Gasteiger partial charge < -0.3 is 15.4 Å². The normalized spacial score (nSPS) is 10.9. The molecule has 0 aliphatic carbocycles. The zero-order valence-corrected chi connectivity index (χ0v) is 18.8. The number of aromatic amines is 1. The van der Waals surface area contributed by atoms with Crippen LogP contribution in [0.1, 0.15) is 10.4 Å². The lowest BCUT2D eigenvalue weighted by Gasteiger charge is -2.15. The van der Waals surface area contributed by atoms with Crippen molar-refractivity contribution in [2.45, 2.75) is 0 Å². The van der Waals surface area contributed by atoms with Gasteiger partial charge in [-0.3, -0.25) is 14.9 Å². The molecule has 34 heavy (non-hydrogen) atoms. The van der Waals surface area contributed by atoms with Gasteiger partial charge in [0.15, 0.2) is 5.82 Å². The first kappa shape index (κ1) is 21.2. The summed E-state index contributed by atoms with van der Waals surface area (Å²) in [6.45, 7) is 0. The number of ether oxygens (including phenoxy) is 1. The molecule has 0 spiro atoms. The molecular weight excluding hydrogens is 426 g/mol. The maximum atomic E-state index is 12.8. The van der Waals surface area contributed by atoms with Crippen LogP contribution in [0.3, 0.4) is 0 Å². The number of anilines is 1. The number of aromatic nitrogens is 3. The van der Waals surface area contributed by atoms with Gasteiger partial charge in [-0.05, 0) is 35.9 Å². The summed E-state index contributed by atoms with van der Waals surface area (Å²) in [5.41, 5.74) is 10.6. The summed E-state index contributed by atoms with van der Waals surface area (Å²) >= 11 is 0. The third kappa shape index (κ3) is 3.84. The molecule has 2 heterocycles. The molecule has 0 radical (unpaired) electrons. The molecule has 0 fully saturated rings. The Labute approximate surface area is 196 Å². The monoisotopic (exact) mass is 449 g/mol. The van der Waals surface area contributed by atoms with Crippen molar-refractivity contribution in [2.24, 2.45) is 0 Å². The molecule has 5 aromatic rings. The summed E-state index contributed by atoms with van der Waals surface area (Å²) in [7, 11) is 3.45. The van der Waals surface area contributed by atoms with Gasteiger partial charge in [0.2, 0.25) is 0 Å². The minimum absolute atomic E-state index is 0.101. The highest BCUT2D eigenvalue weighted by atomic mass is 16.5. The van der Waals surface area contributed by atoms with Crippen molar-refractivity contribution in [2.75, 3.05) is 19.8 Å². The minimum atomic E-state index is -0.101. The van der Waals surface area contributed by atoms with Gasteiger partial charge in [0.05, 0.1) is 16.6 Å². The molecule has 3 N–H and O–H groups in total. The predicted octanol–water partition coefficient (Wildman–Crippen LogP) is 5.37. The third-order valence-electron chi connectivity index (χ3n) is 5.59. The quantitative estimate of drug-likeness (QED) is 0.376. The summed E-state index contributed by atoms with van der Waals surface area (Å²) in [6, 6.07) is 24.8. The van der Waals surface area contributed by atoms with Crippen LogP contribution in [-0.4, -0.2) is 40.1 Å². The molecule has 0 atom stereocenters. The van der Waals surface area contributed by atoms with E-state index in [0.29, 0.717) is 28.2 Å². The molecule has 0 aliphatic rings. The second-order valence-electron chi connectivity index (χ2n) is 8.06. The van der Waals surface area contributed by atoms with Gasteiger partial charge in [-0.15, -0.1) is 0 Å². The van der Waals surface area contributed by atoms with E-state index in [1.165, 1.54) is 0 Å². The number of amides is 1. The van der Waals surface area contributed by atoms with Crippen LogP contribution in [0.4, 0.5) is 5.82 Å². The number of benzene rings is 3. The Kier molecular flexibility index (Phi) is 5.43. The van der Waals surface area contributed by atoms with Crippen LogP contribution in [0.5, 0.6) is 11.5 Å². The lowest BCUT2D eigenvalue weighted by molar-refractivity contribution is 0.0828. The first-order chi connectivity index (χ1) is 16.5. The Morgan fingerprint density at radius 1 is 0.882 bits per heavy atom. The molecule has 7 nitrogen and oxygen atoms in total. The number of carbonyl (C=O) groups is 1. The van der Waals surface area contributed by atoms with E-state index >= 15 is 0 Å². The lowest BCUT2D eigenvalue weighted by Crippen LogP contribution is -2.22. The zero-order chi connectivity index (χ0) is 23.7. The highest BCUT2D eigenvalue weighted by Gasteiger charge is 2.20. The van der Waals surface area contributed by atoms with Gasteiger partial charge in [-0.25, -0.2) is 0 Å². The lowest BCUT2D eigenvalue weighted by atomic mass is 9.98. The summed E-state index contributed by atoms with van der Waals surface area (Å²) in [4.78, 5) is 19.0. The van der Waals surface area contributed by atoms with Gasteiger partial charge >= 0.3 is 0 Å². The van der Waals surface area contributed by atoms with Crippen LogP contribution in [0, 0.1) is 0 Å². The Morgan fingerprint density at radius 2 is 1.56 bits per heavy atom. The van der Waals surface area contributed by atoms with Crippen LogP contribution < -0.4 is 10.5 Å². The molecule has 0 saturated heterocycles. The fourth-order valence-corrected chi connectivity index (χ4v) is 3.93. The summed E-state index contributed by atoms with van der Waals surface area (Å²) in [5.74, 6) is 1.77. The van der Waals surface area contributed by atoms with E-state index < -0.39 is 0 Å². The molecule has 0 unspecified atom stereocenters. The van der Waals surface area contributed by atoms with Gasteiger partial charge in [0.25, 0.3) is 5.91 Å². The zero-order valence-electron chi connectivity index (χ0n) is 18.8. The van der Waals surface area contributed by atoms with Crippen LogP contribution in [-0.2, 0) is 0 Å². The maximum absolute atomic E-state index is 12.8. The number of pyridine rings is 1. The van der Waals surface area contributed by atoms with Gasteiger partial charge in [0, 0.05) is 37.0 Å². The van der Waals surface area contributed by atoms with Gasteiger partial charge in [0.1, 0.15) is 11.5 Å². The van der Waals surface area contributed by atoms with Crippen molar-refractivity contribution >= 4 is 22.6 Å². The number of rotatable bonds is 5. The van der Waals surface area contributed by atoms with Crippen LogP contribution >= 0.6 is 0 Å². The number of para-hydroxylation sites is 1. The average molecular weight is 450 g/mol. The molecular formula is C27H23N5O2. The number of H-pyrrole nitrogens is 1. The Morgan fingerprint density at radius 3 is 2.29 bits per heavy atom. The fraction of sp³-hybridized carbons (Fsp3) is 0.0741. The van der Waals surface area contributed by atoms with Crippen molar-refractivity contribution in [1.82, 2.24) is 20.1 Å². The van der Waals surface area contributed by atoms with Crippen molar-refractivity contribution in [1.29, 1.82) is 0 Å². The van der Waals surface area contributed by atoms with E-state index in [0.717, 1.165) is 28.0 Å². The van der Waals surface area contributed by atoms with E-state index in [2.05, 4.69) is 10.2 Å². The standard InChI is InChI=1S/C27H23N5O2/c1-32(2)27(33)21-11-7-6-10-20(21)24-25-23(26(28)31-30-25)22(16-29-24)17-12-14-19(15-13-17)34-18-8-4-3-5-9-18/h3-16H,1-2H3,(H3,28,30,31). The highest BCUT2D eigenvalue weighted by Crippen LogP contribution is 2.37. The summed E-state index contributed by atoms with van der Waals surface area (Å²) in [5, 5.41) is 8.02. The van der Waals surface area contributed by atoms with E-state index in [1.54, 1.807) is 31.3 Å². The number of nitrogens with zero attached hydrogens (tertiary/aromatic N) is 3. The fourth-order valence-electron chi connectivity index (χ4n) is 3.93. The second-order valence-corrected chi connectivity index (χ2v) is 8.06. The average Bonchev–Trinajstić information content (AvgIpc) is 3.26. The van der Waals surface area contributed by atoms with Gasteiger partial charge in [-0.1, -0.05) is 48.5 Å². The highest BCUT2D eigenvalue weighted by molar-refractivity contribution is 6.09. The molecule has 0 saturated carbocycles. The Hall–Kier alpha value is -4.65. The molecule has 2 aromatic heterocycles. The van der Waals surface area contributed by atoms with E-state index in [4.69, 9.17) is 15.5 Å². The minimum Gasteiger partial charge on any atom is -0.457 e. The van der Waals surface area contributed by atoms with Crippen molar-refractivity contribution in [3.63, 3.8) is 0 Å². The maximum Gasteiger partial charge on any atom is 0.254 e. The van der Waals surface area contributed by atoms with Crippen LogP contribution in [0.25, 0.3) is 33.3 Å². The smallest absolute Gasteiger partial charge is 0.254 e. The Balaban J connectivity index is 1.57. The number of fused-ring (bicyclic) bond motifs is 1. The molecule has 168 valence electrons. The second kappa shape index (κ2) is 8.71. The number of nitrogens with one attached hydrogen (secondary N) is 1. The number of nitrogen functional groups attached to an aromatic ring is 1. The van der Waals surface area contributed by atoms with E-state index in [-0.39, 0.29) is 5.91 Å². The Bertz CT molecular complexity index is 1470. The largest absolute Gasteiger partial charge is 0.457 e. The van der Waals surface area contributed by atoms with Crippen LogP contribution in [0.2, 0.25) is 0 Å². The van der Waals surface area contributed by atoms with Crippen molar-refractivity contribution < 1.29 is 9.53 Å². The first-order valence-corrected chi connectivity index (χ1v) is 10.8. The SMILES string of the molecule is CN(C)C(=O)c1ccccc1-c1ncc(-c2ccc(Oc3ccccc3)cc2)c2c(N)n[nH]c12.